The smallest absolute Gasteiger partial charge is 0.263 e. The fraction of sp³-hybridized carbons (Fsp3) is 0.480. The van der Waals surface area contributed by atoms with Crippen molar-refractivity contribution in [1.82, 2.24) is 9.80 Å². The SMILES string of the molecule is Cl.O=C(N1CCC(CCN2CCCC2)CC1)C(O)(c1ccccc1)c1ccccc1. The summed E-state index contributed by atoms with van der Waals surface area (Å²) in [6.45, 7) is 5.14. The summed E-state index contributed by atoms with van der Waals surface area (Å²) in [6.07, 6.45) is 5.96. The minimum Gasteiger partial charge on any atom is -0.372 e. The highest BCUT2D eigenvalue weighted by Crippen LogP contribution is 2.33. The third kappa shape index (κ3) is 4.88. The van der Waals surface area contributed by atoms with Crippen molar-refractivity contribution < 1.29 is 9.90 Å². The predicted molar refractivity (Wildman–Crippen MR) is 123 cm³/mol. The zero-order chi connectivity index (χ0) is 20.1. The van der Waals surface area contributed by atoms with Crippen LogP contribution in [0.15, 0.2) is 60.7 Å². The quantitative estimate of drug-likeness (QED) is 0.754. The van der Waals surface area contributed by atoms with Crippen LogP contribution in [0.1, 0.15) is 43.2 Å². The van der Waals surface area contributed by atoms with E-state index in [1.54, 1.807) is 0 Å². The van der Waals surface area contributed by atoms with Crippen molar-refractivity contribution in [1.29, 1.82) is 0 Å². The summed E-state index contributed by atoms with van der Waals surface area (Å²) < 4.78 is 0. The van der Waals surface area contributed by atoms with E-state index in [4.69, 9.17) is 0 Å². The van der Waals surface area contributed by atoms with Crippen molar-refractivity contribution >= 4 is 18.3 Å². The average Bonchev–Trinajstić information content (AvgIpc) is 3.32. The lowest BCUT2D eigenvalue weighted by molar-refractivity contribution is -0.149. The minimum absolute atomic E-state index is 0. The zero-order valence-corrected chi connectivity index (χ0v) is 18.4. The molecule has 2 fully saturated rings. The molecule has 2 aromatic carbocycles. The van der Waals surface area contributed by atoms with Gasteiger partial charge in [0.25, 0.3) is 5.91 Å². The van der Waals surface area contributed by atoms with E-state index in [2.05, 4.69) is 4.90 Å². The highest BCUT2D eigenvalue weighted by molar-refractivity contribution is 5.90. The topological polar surface area (TPSA) is 43.8 Å². The third-order valence-electron chi connectivity index (χ3n) is 6.65. The Bertz CT molecular complexity index is 746. The predicted octanol–water partition coefficient (Wildman–Crippen LogP) is 4.07. The van der Waals surface area contributed by atoms with Crippen molar-refractivity contribution in [3.8, 4) is 0 Å². The number of benzene rings is 2. The number of hydrogen-bond acceptors (Lipinski definition) is 3. The Morgan fingerprint density at radius 1 is 0.867 bits per heavy atom. The molecule has 4 rings (SSSR count). The van der Waals surface area contributed by atoms with Gasteiger partial charge in [0.1, 0.15) is 0 Å². The van der Waals surface area contributed by atoms with Crippen LogP contribution in [0, 0.1) is 5.92 Å². The number of carbonyl (C=O) groups excluding carboxylic acids is 1. The van der Waals surface area contributed by atoms with Gasteiger partial charge >= 0.3 is 0 Å². The van der Waals surface area contributed by atoms with Gasteiger partial charge in [-0.2, -0.15) is 0 Å². The Morgan fingerprint density at radius 2 is 1.37 bits per heavy atom. The molecule has 5 heteroatoms. The van der Waals surface area contributed by atoms with Gasteiger partial charge in [-0.1, -0.05) is 60.7 Å². The van der Waals surface area contributed by atoms with Crippen LogP contribution in [-0.4, -0.2) is 53.5 Å². The van der Waals surface area contributed by atoms with Crippen LogP contribution in [0.25, 0.3) is 0 Å². The number of likely N-dealkylation sites (tertiary alicyclic amines) is 2. The number of halogens is 1. The number of rotatable bonds is 6. The molecule has 2 aromatic rings. The molecule has 0 aromatic heterocycles. The largest absolute Gasteiger partial charge is 0.372 e. The Labute approximate surface area is 186 Å². The third-order valence-corrected chi connectivity index (χ3v) is 6.65. The Kier molecular flexibility index (Phi) is 7.93. The van der Waals surface area contributed by atoms with Crippen LogP contribution >= 0.6 is 12.4 Å². The van der Waals surface area contributed by atoms with Gasteiger partial charge < -0.3 is 14.9 Å². The van der Waals surface area contributed by atoms with Crippen LogP contribution in [0.4, 0.5) is 0 Å². The summed E-state index contributed by atoms with van der Waals surface area (Å²) in [5.41, 5.74) is -0.370. The maximum absolute atomic E-state index is 13.6. The maximum Gasteiger partial charge on any atom is 0.263 e. The van der Waals surface area contributed by atoms with Crippen molar-refractivity contribution in [2.45, 2.75) is 37.7 Å². The van der Waals surface area contributed by atoms with Gasteiger partial charge in [-0.15, -0.1) is 12.4 Å². The zero-order valence-electron chi connectivity index (χ0n) is 17.6. The maximum atomic E-state index is 13.6. The highest BCUT2D eigenvalue weighted by Gasteiger charge is 2.43. The first-order valence-corrected chi connectivity index (χ1v) is 11.0. The molecule has 1 N–H and O–H groups in total. The Hall–Kier alpha value is -1.88. The lowest BCUT2D eigenvalue weighted by atomic mass is 9.84. The van der Waals surface area contributed by atoms with E-state index >= 15 is 0 Å². The fourth-order valence-electron chi connectivity index (χ4n) is 4.80. The number of hydrogen-bond donors (Lipinski definition) is 1. The van der Waals surface area contributed by atoms with Gasteiger partial charge in [-0.25, -0.2) is 0 Å². The first-order chi connectivity index (χ1) is 14.2. The number of nitrogens with zero attached hydrogens (tertiary/aromatic N) is 2. The average molecular weight is 429 g/mol. The van der Waals surface area contributed by atoms with Crippen molar-refractivity contribution in [2.24, 2.45) is 5.92 Å². The van der Waals surface area contributed by atoms with E-state index in [-0.39, 0.29) is 18.3 Å². The van der Waals surface area contributed by atoms with Gasteiger partial charge in [-0.3, -0.25) is 4.79 Å². The molecular formula is C25H33ClN2O2. The van der Waals surface area contributed by atoms with Gasteiger partial charge in [0, 0.05) is 13.1 Å². The van der Waals surface area contributed by atoms with E-state index in [0.29, 0.717) is 17.0 Å². The summed E-state index contributed by atoms with van der Waals surface area (Å²) in [4.78, 5) is 18.0. The van der Waals surface area contributed by atoms with Crippen LogP contribution in [-0.2, 0) is 10.4 Å². The molecule has 0 bridgehead atoms. The molecule has 0 unspecified atom stereocenters. The van der Waals surface area contributed by atoms with Gasteiger partial charge in [0.2, 0.25) is 0 Å². The molecule has 162 valence electrons. The lowest BCUT2D eigenvalue weighted by Gasteiger charge is -2.38. The molecule has 1 amide bonds. The van der Waals surface area contributed by atoms with Crippen LogP contribution in [0.3, 0.4) is 0 Å². The normalized spacial score (nSPS) is 18.2. The van der Waals surface area contributed by atoms with Gasteiger partial charge in [-0.05, 0) is 68.8 Å². The second-order valence-corrected chi connectivity index (χ2v) is 8.52. The number of carbonyl (C=O) groups is 1. The minimum atomic E-state index is -1.63. The molecule has 2 saturated heterocycles. The van der Waals surface area contributed by atoms with Crippen molar-refractivity contribution in [2.75, 3.05) is 32.7 Å². The van der Waals surface area contributed by atoms with Crippen LogP contribution < -0.4 is 0 Å². The summed E-state index contributed by atoms with van der Waals surface area (Å²) in [6, 6.07) is 18.7. The second-order valence-electron chi connectivity index (χ2n) is 8.52. The number of aliphatic hydroxyl groups is 1. The van der Waals surface area contributed by atoms with Gasteiger partial charge in [0.15, 0.2) is 5.60 Å². The van der Waals surface area contributed by atoms with Crippen LogP contribution in [0.5, 0.6) is 0 Å². The van der Waals surface area contributed by atoms with Gasteiger partial charge in [0.05, 0.1) is 0 Å². The van der Waals surface area contributed by atoms with Crippen molar-refractivity contribution in [3.63, 3.8) is 0 Å². The molecule has 0 atom stereocenters. The fourth-order valence-corrected chi connectivity index (χ4v) is 4.80. The van der Waals surface area contributed by atoms with E-state index in [1.807, 2.05) is 65.6 Å². The Morgan fingerprint density at radius 3 is 1.87 bits per heavy atom. The standard InChI is InChI=1S/C25H32N2O2.ClH/c28-24(27-19-14-21(15-20-27)13-18-26-16-7-8-17-26)25(29,22-9-3-1-4-10-22)23-11-5-2-6-12-23;/h1-6,9-12,21,29H,7-8,13-20H2;1H. The summed E-state index contributed by atoms with van der Waals surface area (Å²) >= 11 is 0. The molecule has 0 aliphatic carbocycles. The monoisotopic (exact) mass is 428 g/mol. The molecule has 2 aliphatic heterocycles. The summed E-state index contributed by atoms with van der Waals surface area (Å²) in [7, 11) is 0. The molecule has 0 radical (unpaired) electrons. The second kappa shape index (κ2) is 10.4. The number of piperidine rings is 1. The first kappa shape index (κ1) is 22.8. The van der Waals surface area contributed by atoms with E-state index in [9.17, 15) is 9.90 Å². The van der Waals surface area contributed by atoms with Crippen LogP contribution in [0.2, 0.25) is 0 Å². The number of amides is 1. The lowest BCUT2D eigenvalue weighted by Crippen LogP contribution is -2.50. The summed E-state index contributed by atoms with van der Waals surface area (Å²) in [5, 5.41) is 11.7. The molecular weight excluding hydrogens is 396 g/mol. The summed E-state index contributed by atoms with van der Waals surface area (Å²) in [5.74, 6) is 0.481. The van der Waals surface area contributed by atoms with E-state index in [1.165, 1.54) is 38.9 Å². The van der Waals surface area contributed by atoms with E-state index < -0.39 is 5.60 Å². The first-order valence-electron chi connectivity index (χ1n) is 11.0. The highest BCUT2D eigenvalue weighted by atomic mass is 35.5. The van der Waals surface area contributed by atoms with Crippen molar-refractivity contribution in [3.05, 3.63) is 71.8 Å². The molecule has 4 nitrogen and oxygen atoms in total. The molecule has 2 aliphatic rings. The molecule has 0 saturated carbocycles. The molecule has 30 heavy (non-hydrogen) atoms. The molecule has 0 spiro atoms. The van der Waals surface area contributed by atoms with E-state index in [0.717, 1.165) is 25.9 Å². The molecule has 2 heterocycles. The Balaban J connectivity index is 0.00000256.